The molecule has 3 aromatic heterocycles. The van der Waals surface area contributed by atoms with Crippen LogP contribution in [0.1, 0.15) is 19.4 Å². The number of imidazole rings is 1. The molecule has 0 N–H and O–H groups in total. The van der Waals surface area contributed by atoms with E-state index in [9.17, 15) is 10.1 Å². The average Bonchev–Trinajstić information content (AvgIpc) is 3.18. The molecule has 0 spiro atoms. The van der Waals surface area contributed by atoms with Crippen molar-refractivity contribution >= 4 is 32.8 Å². The van der Waals surface area contributed by atoms with Gasteiger partial charge in [0.1, 0.15) is 5.82 Å². The summed E-state index contributed by atoms with van der Waals surface area (Å²) in [5.74, 6) is -0.413. The van der Waals surface area contributed by atoms with E-state index in [1.54, 1.807) is 30.1 Å². The molecular formula is C30H22FN5O. The molecule has 0 saturated heterocycles. The maximum absolute atomic E-state index is 15.3. The van der Waals surface area contributed by atoms with E-state index in [2.05, 4.69) is 16.0 Å². The summed E-state index contributed by atoms with van der Waals surface area (Å²) >= 11 is 0. The van der Waals surface area contributed by atoms with E-state index >= 15 is 4.39 Å². The van der Waals surface area contributed by atoms with Crippen LogP contribution in [0.4, 0.5) is 4.39 Å². The number of nitriles is 1. The lowest BCUT2D eigenvalue weighted by Gasteiger charge is -2.16. The number of rotatable bonds is 3. The monoisotopic (exact) mass is 487 g/mol. The van der Waals surface area contributed by atoms with Crippen LogP contribution in [0.3, 0.4) is 0 Å². The lowest BCUT2D eigenvalue weighted by molar-refractivity contribution is 0.633. The summed E-state index contributed by atoms with van der Waals surface area (Å²) < 4.78 is 18.5. The summed E-state index contributed by atoms with van der Waals surface area (Å²) in [6.07, 6.45) is 3.26. The van der Waals surface area contributed by atoms with Crippen LogP contribution in [-0.4, -0.2) is 19.1 Å². The van der Waals surface area contributed by atoms with Gasteiger partial charge in [0.25, 0.3) is 0 Å². The van der Waals surface area contributed by atoms with Crippen LogP contribution >= 0.6 is 0 Å². The summed E-state index contributed by atoms with van der Waals surface area (Å²) in [6.45, 7) is 3.70. The first kappa shape index (κ1) is 22.6. The van der Waals surface area contributed by atoms with Crippen LogP contribution in [0.5, 0.6) is 0 Å². The van der Waals surface area contributed by atoms with Gasteiger partial charge in [-0.25, -0.2) is 9.18 Å². The Labute approximate surface area is 211 Å². The molecule has 6 nitrogen and oxygen atoms in total. The first-order valence-corrected chi connectivity index (χ1v) is 11.9. The van der Waals surface area contributed by atoms with Crippen molar-refractivity contribution in [3.63, 3.8) is 0 Å². The second-order valence-electron chi connectivity index (χ2n) is 9.72. The van der Waals surface area contributed by atoms with Crippen LogP contribution in [0, 0.1) is 17.1 Å². The second-order valence-corrected chi connectivity index (χ2v) is 9.72. The molecule has 180 valence electrons. The quantitative estimate of drug-likeness (QED) is 0.305. The highest BCUT2D eigenvalue weighted by Crippen LogP contribution is 2.33. The van der Waals surface area contributed by atoms with Crippen LogP contribution in [0.2, 0.25) is 0 Å². The Hall–Kier alpha value is -4.83. The Bertz CT molecular complexity index is 1960. The van der Waals surface area contributed by atoms with Gasteiger partial charge >= 0.3 is 5.69 Å². The summed E-state index contributed by atoms with van der Waals surface area (Å²) in [6, 6.07) is 22.4. The Morgan fingerprint density at radius 2 is 1.68 bits per heavy atom. The van der Waals surface area contributed by atoms with Gasteiger partial charge in [0.05, 0.1) is 45.4 Å². The Kier molecular flexibility index (Phi) is 4.95. The van der Waals surface area contributed by atoms with Crippen molar-refractivity contribution in [3.8, 4) is 22.9 Å². The van der Waals surface area contributed by atoms with E-state index in [0.717, 1.165) is 16.5 Å². The number of benzene rings is 3. The van der Waals surface area contributed by atoms with Crippen molar-refractivity contribution in [2.75, 3.05) is 0 Å². The molecule has 37 heavy (non-hydrogen) atoms. The van der Waals surface area contributed by atoms with Crippen molar-refractivity contribution in [2.24, 2.45) is 7.05 Å². The second kappa shape index (κ2) is 8.10. The predicted octanol–water partition coefficient (Wildman–Crippen LogP) is 6.03. The Balaban J connectivity index is 1.62. The van der Waals surface area contributed by atoms with Crippen LogP contribution in [0.25, 0.3) is 49.7 Å². The molecule has 0 saturated carbocycles. The van der Waals surface area contributed by atoms with Gasteiger partial charge in [-0.2, -0.15) is 5.26 Å². The molecule has 6 rings (SSSR count). The van der Waals surface area contributed by atoms with Crippen molar-refractivity contribution < 1.29 is 4.39 Å². The van der Waals surface area contributed by atoms with E-state index < -0.39 is 11.2 Å². The van der Waals surface area contributed by atoms with Gasteiger partial charge in [-0.3, -0.25) is 19.1 Å². The van der Waals surface area contributed by atoms with Gasteiger partial charge in [0, 0.05) is 41.2 Å². The van der Waals surface area contributed by atoms with Gasteiger partial charge < -0.3 is 0 Å². The van der Waals surface area contributed by atoms with E-state index in [-0.39, 0.29) is 5.69 Å². The summed E-state index contributed by atoms with van der Waals surface area (Å²) in [5, 5.41) is 11.1. The maximum Gasteiger partial charge on any atom is 0.333 e. The van der Waals surface area contributed by atoms with E-state index in [4.69, 9.17) is 0 Å². The third-order valence-electron chi connectivity index (χ3n) is 7.00. The summed E-state index contributed by atoms with van der Waals surface area (Å²) in [7, 11) is 1.69. The van der Waals surface area contributed by atoms with E-state index in [1.165, 1.54) is 10.6 Å². The first-order chi connectivity index (χ1) is 17.8. The van der Waals surface area contributed by atoms with E-state index in [0.29, 0.717) is 38.8 Å². The summed E-state index contributed by atoms with van der Waals surface area (Å²) in [4.78, 5) is 22.4. The number of aromatic nitrogens is 4. The van der Waals surface area contributed by atoms with Crippen molar-refractivity contribution in [1.29, 1.82) is 5.26 Å². The lowest BCUT2D eigenvalue weighted by Crippen LogP contribution is -2.21. The third kappa shape index (κ3) is 3.49. The molecule has 0 atom stereocenters. The van der Waals surface area contributed by atoms with Crippen molar-refractivity contribution in [1.82, 2.24) is 19.1 Å². The molecule has 0 aliphatic carbocycles. The normalized spacial score (nSPS) is 11.9. The zero-order valence-electron chi connectivity index (χ0n) is 20.5. The lowest BCUT2D eigenvalue weighted by atomic mass is 9.86. The molecule has 0 amide bonds. The third-order valence-corrected chi connectivity index (χ3v) is 7.00. The number of hydrogen-bond acceptors (Lipinski definition) is 4. The SMILES string of the molecule is Cn1c(=O)n(-c2ccc(C(C)(C)C#N)cc2)c2c3cc(-c4cnc5ccccc5c4)c(F)cc3ncc21. The van der Waals surface area contributed by atoms with Gasteiger partial charge in [-0.15, -0.1) is 0 Å². The van der Waals surface area contributed by atoms with Gasteiger partial charge in [-0.05, 0) is 49.7 Å². The fourth-order valence-corrected chi connectivity index (χ4v) is 4.79. The zero-order valence-corrected chi connectivity index (χ0v) is 20.5. The van der Waals surface area contributed by atoms with Crippen LogP contribution < -0.4 is 5.69 Å². The summed E-state index contributed by atoms with van der Waals surface area (Å²) in [5.41, 5.74) is 4.19. The van der Waals surface area contributed by atoms with Gasteiger partial charge in [0.2, 0.25) is 0 Å². The highest BCUT2D eigenvalue weighted by molar-refractivity contribution is 6.05. The minimum absolute atomic E-state index is 0.241. The zero-order chi connectivity index (χ0) is 25.9. The number of pyridine rings is 2. The Morgan fingerprint density at radius 1 is 0.946 bits per heavy atom. The van der Waals surface area contributed by atoms with E-state index in [1.807, 2.05) is 68.4 Å². The van der Waals surface area contributed by atoms with Gasteiger partial charge in [0.15, 0.2) is 0 Å². The first-order valence-electron chi connectivity index (χ1n) is 11.9. The predicted molar refractivity (Wildman–Crippen MR) is 143 cm³/mol. The minimum atomic E-state index is -0.654. The number of para-hydroxylation sites is 1. The van der Waals surface area contributed by atoms with Crippen LogP contribution in [-0.2, 0) is 12.5 Å². The molecule has 0 radical (unpaired) electrons. The smallest absolute Gasteiger partial charge is 0.293 e. The fourth-order valence-electron chi connectivity index (χ4n) is 4.79. The molecule has 0 aliphatic rings. The largest absolute Gasteiger partial charge is 0.333 e. The average molecular weight is 488 g/mol. The topological polar surface area (TPSA) is 76.5 Å². The number of aryl methyl sites for hydroxylation is 1. The standard InChI is InChI=1S/C30H22FN5O/c1-30(2,17-32)20-8-10-21(11-9-20)36-28-23-13-22(19-12-18-6-4-5-7-25(18)33-15-19)24(31)14-26(23)34-16-27(28)35(3)29(36)37/h4-16H,1-3H3. The molecule has 0 aliphatic heterocycles. The van der Waals surface area contributed by atoms with Crippen molar-refractivity contribution in [2.45, 2.75) is 19.3 Å². The number of hydrogen-bond donors (Lipinski definition) is 0. The molecular weight excluding hydrogens is 465 g/mol. The molecule has 6 aromatic rings. The molecule has 0 fully saturated rings. The van der Waals surface area contributed by atoms with Crippen molar-refractivity contribution in [3.05, 3.63) is 101 Å². The number of fused-ring (bicyclic) bond motifs is 4. The Morgan fingerprint density at radius 3 is 2.43 bits per heavy atom. The number of nitrogens with zero attached hydrogens (tertiary/aromatic N) is 5. The van der Waals surface area contributed by atoms with Gasteiger partial charge in [-0.1, -0.05) is 30.3 Å². The maximum atomic E-state index is 15.3. The molecule has 3 aromatic carbocycles. The minimum Gasteiger partial charge on any atom is -0.293 e. The highest BCUT2D eigenvalue weighted by Gasteiger charge is 2.21. The number of halogens is 1. The molecule has 0 bridgehead atoms. The van der Waals surface area contributed by atoms with Crippen LogP contribution in [0.15, 0.2) is 83.9 Å². The fraction of sp³-hybridized carbons (Fsp3) is 0.133. The molecule has 7 heteroatoms. The molecule has 3 heterocycles. The molecule has 0 unspecified atom stereocenters. The highest BCUT2D eigenvalue weighted by atomic mass is 19.1.